The van der Waals surface area contributed by atoms with Gasteiger partial charge in [0.15, 0.2) is 0 Å². The second-order valence-corrected chi connectivity index (χ2v) is 7.97. The lowest BCUT2D eigenvalue weighted by Crippen LogP contribution is -2.10. The summed E-state index contributed by atoms with van der Waals surface area (Å²) < 4.78 is 16.9. The van der Waals surface area contributed by atoms with Crippen LogP contribution in [0.5, 0.6) is 0 Å². The molecule has 1 aliphatic carbocycles. The average Bonchev–Trinajstić information content (AvgIpc) is 3.50. The van der Waals surface area contributed by atoms with Gasteiger partial charge in [0.2, 0.25) is 0 Å². The van der Waals surface area contributed by atoms with Crippen molar-refractivity contribution in [1.82, 2.24) is 9.55 Å². The van der Waals surface area contributed by atoms with Crippen LogP contribution in [0, 0.1) is 5.82 Å². The first-order chi connectivity index (χ1) is 14.2. The molecule has 2 aromatic carbocycles. The average molecular weight is 408 g/mol. The Balaban J connectivity index is 1.79. The van der Waals surface area contributed by atoms with Crippen LogP contribution in [-0.2, 0) is 4.79 Å². The Morgan fingerprint density at radius 3 is 2.76 bits per heavy atom. The van der Waals surface area contributed by atoms with E-state index in [1.807, 2.05) is 24.4 Å². The Labute approximate surface area is 173 Å². The number of aldehydes is 1. The first-order valence-corrected chi connectivity index (χ1v) is 10.2. The number of hydrogen-bond acceptors (Lipinski definition) is 3. The molecular weight excluding hydrogens is 389 g/mol. The number of fused-ring (bicyclic) bond motifs is 3. The topological polar surface area (TPSA) is 47.2 Å². The summed E-state index contributed by atoms with van der Waals surface area (Å²) in [7, 11) is 0. The molecule has 0 N–H and O–H groups in total. The van der Waals surface area contributed by atoms with Crippen molar-refractivity contribution in [3.8, 4) is 5.69 Å². The molecule has 0 bridgehead atoms. The number of rotatable bonds is 5. The third-order valence-corrected chi connectivity index (χ3v) is 5.77. The Morgan fingerprint density at radius 1 is 1.17 bits per heavy atom. The molecule has 146 valence electrons. The molecule has 5 rings (SSSR count). The van der Waals surface area contributed by atoms with Crippen LogP contribution >= 0.6 is 11.6 Å². The van der Waals surface area contributed by atoms with Gasteiger partial charge in [-0.1, -0.05) is 23.7 Å². The largest absolute Gasteiger partial charge is 0.303 e. The monoisotopic (exact) mass is 407 g/mol. The molecule has 2 aliphatic rings. The van der Waals surface area contributed by atoms with Crippen molar-refractivity contribution in [3.63, 3.8) is 0 Å². The Hall–Kier alpha value is -2.79. The van der Waals surface area contributed by atoms with E-state index in [0.717, 1.165) is 41.9 Å². The summed E-state index contributed by atoms with van der Waals surface area (Å²) in [6.07, 6.45) is 5.96. The molecule has 6 heteroatoms. The number of imidazole rings is 1. The van der Waals surface area contributed by atoms with E-state index in [-0.39, 0.29) is 11.9 Å². The van der Waals surface area contributed by atoms with Crippen molar-refractivity contribution < 1.29 is 9.18 Å². The lowest BCUT2D eigenvalue weighted by atomic mass is 9.99. The van der Waals surface area contributed by atoms with Crippen LogP contribution in [0.3, 0.4) is 0 Å². The van der Waals surface area contributed by atoms with Gasteiger partial charge in [0, 0.05) is 40.4 Å². The van der Waals surface area contributed by atoms with E-state index in [0.29, 0.717) is 35.1 Å². The van der Waals surface area contributed by atoms with E-state index < -0.39 is 0 Å². The maximum Gasteiger partial charge on any atom is 0.138 e. The van der Waals surface area contributed by atoms with E-state index in [2.05, 4.69) is 4.57 Å². The highest BCUT2D eigenvalue weighted by atomic mass is 35.5. The van der Waals surface area contributed by atoms with Gasteiger partial charge in [0.05, 0.1) is 11.4 Å². The van der Waals surface area contributed by atoms with Gasteiger partial charge in [-0.15, -0.1) is 0 Å². The number of halogens is 2. The van der Waals surface area contributed by atoms with Crippen molar-refractivity contribution >= 4 is 23.6 Å². The molecule has 1 saturated carbocycles. The van der Waals surface area contributed by atoms with Crippen molar-refractivity contribution in [2.45, 2.75) is 37.6 Å². The minimum absolute atomic E-state index is 0.339. The van der Waals surface area contributed by atoms with Crippen LogP contribution in [0.15, 0.2) is 53.7 Å². The van der Waals surface area contributed by atoms with Gasteiger partial charge in [-0.2, -0.15) is 0 Å². The second kappa shape index (κ2) is 7.23. The smallest absolute Gasteiger partial charge is 0.138 e. The minimum atomic E-state index is -0.340. The molecule has 1 fully saturated rings. The van der Waals surface area contributed by atoms with Crippen molar-refractivity contribution in [2.75, 3.05) is 0 Å². The molecule has 4 nitrogen and oxygen atoms in total. The molecule has 2 heterocycles. The minimum Gasteiger partial charge on any atom is -0.303 e. The van der Waals surface area contributed by atoms with Gasteiger partial charge < -0.3 is 4.79 Å². The maximum absolute atomic E-state index is 14.8. The molecular formula is C23H19ClFN3O. The predicted molar refractivity (Wildman–Crippen MR) is 111 cm³/mol. The summed E-state index contributed by atoms with van der Waals surface area (Å²) in [6.45, 7) is 0. The van der Waals surface area contributed by atoms with Gasteiger partial charge >= 0.3 is 0 Å². The highest BCUT2D eigenvalue weighted by Crippen LogP contribution is 2.44. The van der Waals surface area contributed by atoms with Crippen molar-refractivity contribution in [3.05, 3.63) is 82.1 Å². The second-order valence-electron chi connectivity index (χ2n) is 7.53. The number of aliphatic imine (C=N–C) groups is 1. The van der Waals surface area contributed by atoms with Gasteiger partial charge in [-0.3, -0.25) is 9.56 Å². The van der Waals surface area contributed by atoms with Gasteiger partial charge in [0.25, 0.3) is 0 Å². The summed E-state index contributed by atoms with van der Waals surface area (Å²) in [5.74, 6) is 0.929. The molecule has 1 aliphatic heterocycles. The lowest BCUT2D eigenvalue weighted by Gasteiger charge is -2.15. The fraction of sp³-hybridized carbons (Fsp3) is 0.261. The molecule has 0 spiro atoms. The van der Waals surface area contributed by atoms with E-state index in [1.165, 1.54) is 6.07 Å². The van der Waals surface area contributed by atoms with Gasteiger partial charge in [0.1, 0.15) is 24.0 Å². The SMILES string of the molecule is O=CCC[C@@H]1N=C(c2ccccc2F)c2cc(Cl)ccc2-n2c(C3CC3)cnc21. The fourth-order valence-corrected chi connectivity index (χ4v) is 4.18. The number of nitrogens with zero attached hydrogens (tertiary/aromatic N) is 3. The zero-order valence-corrected chi connectivity index (χ0v) is 16.4. The highest BCUT2D eigenvalue weighted by Gasteiger charge is 2.34. The first kappa shape index (κ1) is 18.3. The van der Waals surface area contributed by atoms with E-state index >= 15 is 0 Å². The Kier molecular flexibility index (Phi) is 4.55. The number of aromatic nitrogens is 2. The molecule has 0 radical (unpaired) electrons. The summed E-state index contributed by atoms with van der Waals surface area (Å²) in [4.78, 5) is 20.7. The van der Waals surface area contributed by atoms with Crippen molar-refractivity contribution in [2.24, 2.45) is 4.99 Å². The fourth-order valence-electron chi connectivity index (χ4n) is 4.01. The standard InChI is InChI=1S/C23H19ClFN3O/c24-15-9-10-20-17(12-15)22(16-4-1-2-5-18(16)25)27-19(6-3-11-29)23-26-13-21(28(20)23)14-7-8-14/h1-2,4-5,9-14,19H,3,6-8H2/t19-/m0/s1. The van der Waals surface area contributed by atoms with Crippen LogP contribution in [0.2, 0.25) is 5.02 Å². The van der Waals surface area contributed by atoms with Crippen LogP contribution < -0.4 is 0 Å². The molecule has 1 atom stereocenters. The third kappa shape index (κ3) is 3.19. The molecule has 1 aromatic heterocycles. The van der Waals surface area contributed by atoms with Gasteiger partial charge in [-0.25, -0.2) is 9.37 Å². The molecule has 29 heavy (non-hydrogen) atoms. The number of carbonyl (C=O) groups excluding carboxylic acids is 1. The number of carbonyl (C=O) groups is 1. The van der Waals surface area contributed by atoms with Crippen LogP contribution in [0.25, 0.3) is 5.69 Å². The highest BCUT2D eigenvalue weighted by molar-refractivity contribution is 6.31. The zero-order valence-electron chi connectivity index (χ0n) is 15.7. The van der Waals surface area contributed by atoms with E-state index in [1.54, 1.807) is 18.2 Å². The van der Waals surface area contributed by atoms with E-state index in [4.69, 9.17) is 21.6 Å². The van der Waals surface area contributed by atoms with Crippen LogP contribution in [0.1, 0.15) is 60.3 Å². The zero-order chi connectivity index (χ0) is 20.0. The van der Waals surface area contributed by atoms with Gasteiger partial charge in [-0.05, 0) is 49.6 Å². The van der Waals surface area contributed by atoms with Crippen molar-refractivity contribution in [1.29, 1.82) is 0 Å². The lowest BCUT2D eigenvalue weighted by molar-refractivity contribution is -0.108. The number of hydrogen-bond donors (Lipinski definition) is 0. The quantitative estimate of drug-likeness (QED) is 0.530. The third-order valence-electron chi connectivity index (χ3n) is 5.54. The van der Waals surface area contributed by atoms with Crippen LogP contribution in [0.4, 0.5) is 4.39 Å². The Morgan fingerprint density at radius 2 is 2.00 bits per heavy atom. The normalized spacial score (nSPS) is 17.9. The summed E-state index contributed by atoms with van der Waals surface area (Å²) in [6, 6.07) is 11.9. The summed E-state index contributed by atoms with van der Waals surface area (Å²) >= 11 is 6.34. The first-order valence-electron chi connectivity index (χ1n) is 9.81. The number of benzene rings is 2. The predicted octanol–water partition coefficient (Wildman–Crippen LogP) is 5.41. The summed E-state index contributed by atoms with van der Waals surface area (Å²) in [5, 5.41) is 0.564. The summed E-state index contributed by atoms with van der Waals surface area (Å²) in [5.41, 5.74) is 3.79. The molecule has 0 amide bonds. The molecule has 0 saturated heterocycles. The van der Waals surface area contributed by atoms with E-state index in [9.17, 15) is 9.18 Å². The Bertz CT molecular complexity index is 1130. The molecule has 3 aromatic rings. The molecule has 0 unspecified atom stereocenters. The maximum atomic E-state index is 14.8. The van der Waals surface area contributed by atoms with Crippen LogP contribution in [-0.4, -0.2) is 21.5 Å².